The van der Waals surface area contributed by atoms with Gasteiger partial charge in [0.2, 0.25) is 5.75 Å². The van der Waals surface area contributed by atoms with Crippen molar-refractivity contribution in [1.29, 1.82) is 0 Å². The lowest BCUT2D eigenvalue weighted by atomic mass is 10.1. The van der Waals surface area contributed by atoms with Crippen molar-refractivity contribution >= 4 is 12.4 Å². The molecule has 0 amide bonds. The number of ether oxygens (including phenoxy) is 3. The molecular formula is C15H25ClN2O3. The molecule has 0 unspecified atom stereocenters. The van der Waals surface area contributed by atoms with E-state index in [1.165, 1.54) is 0 Å². The normalized spacial score (nSPS) is 18.8. The summed E-state index contributed by atoms with van der Waals surface area (Å²) in [5.41, 5.74) is 1.12. The lowest BCUT2D eigenvalue weighted by molar-refractivity contribution is 0.196. The van der Waals surface area contributed by atoms with Crippen molar-refractivity contribution < 1.29 is 14.2 Å². The first kappa shape index (κ1) is 17.9. The summed E-state index contributed by atoms with van der Waals surface area (Å²) in [7, 11) is 4.94. The molecule has 21 heavy (non-hydrogen) atoms. The van der Waals surface area contributed by atoms with Crippen molar-refractivity contribution in [2.45, 2.75) is 19.5 Å². The van der Waals surface area contributed by atoms with Crippen LogP contribution in [-0.4, -0.2) is 51.9 Å². The Morgan fingerprint density at radius 3 is 2.43 bits per heavy atom. The minimum atomic E-state index is 0. The van der Waals surface area contributed by atoms with Gasteiger partial charge in [0, 0.05) is 37.8 Å². The smallest absolute Gasteiger partial charge is 0.203 e. The van der Waals surface area contributed by atoms with Gasteiger partial charge >= 0.3 is 0 Å². The van der Waals surface area contributed by atoms with E-state index >= 15 is 0 Å². The van der Waals surface area contributed by atoms with Crippen LogP contribution in [0.25, 0.3) is 0 Å². The van der Waals surface area contributed by atoms with Gasteiger partial charge in [0.1, 0.15) is 0 Å². The molecule has 1 fully saturated rings. The number of piperazine rings is 1. The Balaban J connectivity index is 0.00000220. The fraction of sp³-hybridized carbons (Fsp3) is 0.600. The van der Waals surface area contributed by atoms with Crippen molar-refractivity contribution in [2.24, 2.45) is 0 Å². The van der Waals surface area contributed by atoms with E-state index in [0.717, 1.165) is 37.5 Å². The Kier molecular flexibility index (Phi) is 7.08. The average molecular weight is 317 g/mol. The fourth-order valence-electron chi connectivity index (χ4n) is 2.68. The van der Waals surface area contributed by atoms with Crippen LogP contribution in [0.4, 0.5) is 0 Å². The lowest BCUT2D eigenvalue weighted by Crippen LogP contribution is -2.48. The Bertz CT molecular complexity index is 457. The maximum absolute atomic E-state index is 5.53. The number of nitrogens with zero attached hydrogens (tertiary/aromatic N) is 1. The molecule has 1 aromatic carbocycles. The van der Waals surface area contributed by atoms with Gasteiger partial charge in [-0.05, 0) is 13.0 Å². The second-order valence-electron chi connectivity index (χ2n) is 5.08. The van der Waals surface area contributed by atoms with Crippen LogP contribution in [0, 0.1) is 0 Å². The summed E-state index contributed by atoms with van der Waals surface area (Å²) in [6.07, 6.45) is 0. The highest BCUT2D eigenvalue weighted by Crippen LogP contribution is 2.40. The molecule has 1 N–H and O–H groups in total. The summed E-state index contributed by atoms with van der Waals surface area (Å²) in [5.74, 6) is 2.12. The zero-order valence-electron chi connectivity index (χ0n) is 13.1. The van der Waals surface area contributed by atoms with E-state index < -0.39 is 0 Å². The number of hydrogen-bond donors (Lipinski definition) is 1. The summed E-state index contributed by atoms with van der Waals surface area (Å²) in [5, 5.41) is 3.45. The standard InChI is InChI=1S/C15H24N2O3.ClH/c1-11-9-17(8-7-16-11)10-12-5-6-13(18-2)15(20-4)14(12)19-3;/h5-6,11,16H,7-10H2,1-4H3;1H/t11-;/m0./s1. The number of halogens is 1. The van der Waals surface area contributed by atoms with Crippen LogP contribution in [0.1, 0.15) is 12.5 Å². The lowest BCUT2D eigenvalue weighted by Gasteiger charge is -2.32. The van der Waals surface area contributed by atoms with Crippen LogP contribution >= 0.6 is 12.4 Å². The van der Waals surface area contributed by atoms with Gasteiger partial charge in [-0.2, -0.15) is 0 Å². The minimum absolute atomic E-state index is 0. The largest absolute Gasteiger partial charge is 0.493 e. The van der Waals surface area contributed by atoms with E-state index in [1.54, 1.807) is 21.3 Å². The Morgan fingerprint density at radius 2 is 1.86 bits per heavy atom. The van der Waals surface area contributed by atoms with E-state index in [0.29, 0.717) is 17.5 Å². The highest BCUT2D eigenvalue weighted by atomic mass is 35.5. The van der Waals surface area contributed by atoms with Crippen molar-refractivity contribution in [3.63, 3.8) is 0 Å². The molecule has 0 spiro atoms. The molecule has 0 saturated carbocycles. The first-order valence-electron chi connectivity index (χ1n) is 6.93. The number of methoxy groups -OCH3 is 3. The Labute approximate surface area is 133 Å². The van der Waals surface area contributed by atoms with Crippen LogP contribution in [-0.2, 0) is 6.54 Å². The van der Waals surface area contributed by atoms with E-state index in [-0.39, 0.29) is 12.4 Å². The second-order valence-corrected chi connectivity index (χ2v) is 5.08. The van der Waals surface area contributed by atoms with Gasteiger partial charge in [-0.1, -0.05) is 6.07 Å². The predicted molar refractivity (Wildman–Crippen MR) is 86.1 cm³/mol. The summed E-state index contributed by atoms with van der Waals surface area (Å²) < 4.78 is 16.3. The molecule has 1 saturated heterocycles. The van der Waals surface area contributed by atoms with Gasteiger partial charge in [-0.25, -0.2) is 0 Å². The van der Waals surface area contributed by atoms with Crippen molar-refractivity contribution in [2.75, 3.05) is 41.0 Å². The number of hydrogen-bond acceptors (Lipinski definition) is 5. The van der Waals surface area contributed by atoms with Crippen LogP contribution in [0.3, 0.4) is 0 Å². The third-order valence-corrected chi connectivity index (χ3v) is 3.63. The molecule has 0 aliphatic carbocycles. The summed E-state index contributed by atoms with van der Waals surface area (Å²) in [4.78, 5) is 2.42. The molecule has 1 aliphatic heterocycles. The molecule has 0 bridgehead atoms. The zero-order valence-corrected chi connectivity index (χ0v) is 14.0. The third-order valence-electron chi connectivity index (χ3n) is 3.63. The Morgan fingerprint density at radius 1 is 1.14 bits per heavy atom. The van der Waals surface area contributed by atoms with Gasteiger partial charge in [-0.15, -0.1) is 12.4 Å². The van der Waals surface area contributed by atoms with E-state index in [9.17, 15) is 0 Å². The number of benzene rings is 1. The van der Waals surface area contributed by atoms with Crippen LogP contribution < -0.4 is 19.5 Å². The van der Waals surface area contributed by atoms with Crippen molar-refractivity contribution in [3.8, 4) is 17.2 Å². The molecule has 1 heterocycles. The third kappa shape index (κ3) is 4.15. The van der Waals surface area contributed by atoms with Crippen molar-refractivity contribution in [1.82, 2.24) is 10.2 Å². The fourth-order valence-corrected chi connectivity index (χ4v) is 2.68. The van der Waals surface area contributed by atoms with Gasteiger partial charge in [0.05, 0.1) is 21.3 Å². The molecule has 1 atom stereocenters. The molecule has 1 aromatic rings. The Hall–Kier alpha value is -1.17. The van der Waals surface area contributed by atoms with Gasteiger partial charge < -0.3 is 19.5 Å². The summed E-state index contributed by atoms with van der Waals surface area (Å²) in [6, 6.07) is 4.50. The topological polar surface area (TPSA) is 43.0 Å². The summed E-state index contributed by atoms with van der Waals surface area (Å²) >= 11 is 0. The highest BCUT2D eigenvalue weighted by Gasteiger charge is 2.20. The van der Waals surface area contributed by atoms with Crippen LogP contribution in [0.5, 0.6) is 17.2 Å². The molecule has 2 rings (SSSR count). The van der Waals surface area contributed by atoms with E-state index in [2.05, 4.69) is 17.1 Å². The van der Waals surface area contributed by atoms with Gasteiger partial charge in [0.15, 0.2) is 11.5 Å². The first-order chi connectivity index (χ1) is 9.69. The van der Waals surface area contributed by atoms with Gasteiger partial charge in [-0.3, -0.25) is 4.90 Å². The SMILES string of the molecule is COc1ccc(CN2CCN[C@@H](C)C2)c(OC)c1OC.Cl. The molecule has 0 radical (unpaired) electrons. The average Bonchev–Trinajstić information content (AvgIpc) is 2.46. The molecule has 0 aromatic heterocycles. The predicted octanol–water partition coefficient (Wildman–Crippen LogP) is 1.93. The maximum atomic E-state index is 5.53. The highest BCUT2D eigenvalue weighted by molar-refractivity contribution is 5.85. The molecule has 1 aliphatic rings. The van der Waals surface area contributed by atoms with Crippen LogP contribution in [0.2, 0.25) is 0 Å². The summed E-state index contributed by atoms with van der Waals surface area (Å²) in [6.45, 7) is 6.17. The van der Waals surface area contributed by atoms with E-state index in [1.807, 2.05) is 12.1 Å². The monoisotopic (exact) mass is 316 g/mol. The minimum Gasteiger partial charge on any atom is -0.493 e. The molecule has 5 nitrogen and oxygen atoms in total. The maximum Gasteiger partial charge on any atom is 0.203 e. The zero-order chi connectivity index (χ0) is 14.5. The van der Waals surface area contributed by atoms with Gasteiger partial charge in [0.25, 0.3) is 0 Å². The molecular weight excluding hydrogens is 292 g/mol. The molecule has 6 heteroatoms. The second kappa shape index (κ2) is 8.32. The van der Waals surface area contributed by atoms with Crippen molar-refractivity contribution in [3.05, 3.63) is 17.7 Å². The van der Waals surface area contributed by atoms with Crippen LogP contribution in [0.15, 0.2) is 12.1 Å². The quantitative estimate of drug-likeness (QED) is 0.899. The van der Waals surface area contributed by atoms with E-state index in [4.69, 9.17) is 14.2 Å². The first-order valence-corrected chi connectivity index (χ1v) is 6.93. The molecule has 120 valence electrons. The number of nitrogens with one attached hydrogen (secondary N) is 1. The number of rotatable bonds is 5.